The zero-order valence-corrected chi connectivity index (χ0v) is 13.0. The molecule has 1 unspecified atom stereocenters. The molecule has 2 aromatic heterocycles. The van der Waals surface area contributed by atoms with Crippen LogP contribution in [0.5, 0.6) is 0 Å². The second kappa shape index (κ2) is 5.95. The normalized spacial score (nSPS) is 15.5. The van der Waals surface area contributed by atoms with E-state index in [0.717, 1.165) is 41.3 Å². The molecule has 21 heavy (non-hydrogen) atoms. The average Bonchev–Trinajstić information content (AvgIpc) is 3.14. The number of rotatable bonds is 4. The second-order valence-corrected chi connectivity index (χ2v) is 6.11. The van der Waals surface area contributed by atoms with Crippen LogP contribution in [0.2, 0.25) is 0 Å². The molecule has 0 saturated heterocycles. The van der Waals surface area contributed by atoms with Crippen molar-refractivity contribution in [3.05, 3.63) is 33.0 Å². The first-order chi connectivity index (χ1) is 10.2. The van der Waals surface area contributed by atoms with Crippen LogP contribution in [0.25, 0.3) is 0 Å². The van der Waals surface area contributed by atoms with Crippen molar-refractivity contribution in [3.8, 4) is 0 Å². The summed E-state index contributed by atoms with van der Waals surface area (Å²) >= 11 is 1.63. The third-order valence-corrected chi connectivity index (χ3v) is 4.70. The Morgan fingerprint density at radius 2 is 2.43 bits per heavy atom. The van der Waals surface area contributed by atoms with Gasteiger partial charge in [0.25, 0.3) is 5.91 Å². The molecule has 2 aromatic rings. The number of carbonyl (C=O) groups is 1. The maximum atomic E-state index is 12.4. The van der Waals surface area contributed by atoms with Crippen LogP contribution in [-0.4, -0.2) is 27.6 Å². The molecule has 0 aliphatic carbocycles. The van der Waals surface area contributed by atoms with Gasteiger partial charge in [-0.2, -0.15) is 5.10 Å². The molecule has 0 spiro atoms. The number of aryl methyl sites for hydroxylation is 1. The van der Waals surface area contributed by atoms with E-state index in [1.807, 2.05) is 12.3 Å². The van der Waals surface area contributed by atoms with E-state index in [4.69, 9.17) is 0 Å². The highest BCUT2D eigenvalue weighted by Crippen LogP contribution is 2.19. The van der Waals surface area contributed by atoms with Crippen molar-refractivity contribution in [1.29, 1.82) is 0 Å². The molecule has 1 aliphatic rings. The lowest BCUT2D eigenvalue weighted by molar-refractivity contribution is 0.0933. The number of amides is 1. The van der Waals surface area contributed by atoms with Crippen molar-refractivity contribution in [1.82, 2.24) is 25.8 Å². The molecular formula is C14H19N5OS. The van der Waals surface area contributed by atoms with Gasteiger partial charge in [-0.05, 0) is 13.3 Å². The molecule has 7 heteroatoms. The maximum Gasteiger partial charge on any atom is 0.272 e. The summed E-state index contributed by atoms with van der Waals surface area (Å²) in [6.07, 6.45) is 1.81. The van der Waals surface area contributed by atoms with Gasteiger partial charge >= 0.3 is 0 Å². The topological polar surface area (TPSA) is 82.7 Å². The molecule has 3 rings (SSSR count). The van der Waals surface area contributed by atoms with Crippen LogP contribution >= 0.6 is 11.3 Å². The van der Waals surface area contributed by atoms with Crippen LogP contribution in [0.1, 0.15) is 52.3 Å². The van der Waals surface area contributed by atoms with E-state index < -0.39 is 0 Å². The molecule has 3 heterocycles. The molecule has 1 amide bonds. The fourth-order valence-electron chi connectivity index (χ4n) is 2.44. The molecule has 1 aliphatic heterocycles. The fourth-order valence-corrected chi connectivity index (χ4v) is 3.28. The number of H-pyrrole nitrogens is 1. The Bertz CT molecular complexity index is 648. The Morgan fingerprint density at radius 1 is 1.57 bits per heavy atom. The van der Waals surface area contributed by atoms with Crippen molar-refractivity contribution in [2.24, 2.45) is 0 Å². The molecule has 0 radical (unpaired) electrons. The zero-order valence-electron chi connectivity index (χ0n) is 12.2. The Labute approximate surface area is 127 Å². The predicted octanol–water partition coefficient (Wildman–Crippen LogP) is 1.57. The predicted molar refractivity (Wildman–Crippen MR) is 81.4 cm³/mol. The third kappa shape index (κ3) is 2.84. The number of carbonyl (C=O) groups excluding carboxylic acids is 1. The van der Waals surface area contributed by atoms with E-state index in [1.54, 1.807) is 11.3 Å². The van der Waals surface area contributed by atoms with Gasteiger partial charge in [-0.3, -0.25) is 9.89 Å². The number of thiazole rings is 1. The Hall–Kier alpha value is -1.73. The van der Waals surface area contributed by atoms with E-state index >= 15 is 0 Å². The van der Waals surface area contributed by atoms with Crippen LogP contribution in [-0.2, 0) is 19.4 Å². The largest absolute Gasteiger partial charge is 0.343 e. The quantitative estimate of drug-likeness (QED) is 0.800. The van der Waals surface area contributed by atoms with Crippen LogP contribution in [0.15, 0.2) is 5.38 Å². The van der Waals surface area contributed by atoms with Gasteiger partial charge < -0.3 is 10.6 Å². The van der Waals surface area contributed by atoms with Crippen molar-refractivity contribution in [2.45, 2.75) is 39.3 Å². The lowest BCUT2D eigenvalue weighted by Crippen LogP contribution is -2.30. The lowest BCUT2D eigenvalue weighted by atomic mass is 10.1. The number of hydrogen-bond donors (Lipinski definition) is 3. The lowest BCUT2D eigenvalue weighted by Gasteiger charge is -2.14. The minimum absolute atomic E-state index is 0.113. The highest BCUT2D eigenvalue weighted by Gasteiger charge is 2.23. The number of aromatic amines is 1. The van der Waals surface area contributed by atoms with E-state index in [9.17, 15) is 4.79 Å². The van der Waals surface area contributed by atoms with E-state index in [2.05, 4.69) is 32.7 Å². The highest BCUT2D eigenvalue weighted by molar-refractivity contribution is 7.09. The number of nitrogens with zero attached hydrogens (tertiary/aromatic N) is 2. The summed E-state index contributed by atoms with van der Waals surface area (Å²) in [5, 5.41) is 16.5. The monoisotopic (exact) mass is 305 g/mol. The van der Waals surface area contributed by atoms with Gasteiger partial charge in [-0.25, -0.2) is 4.98 Å². The molecule has 112 valence electrons. The van der Waals surface area contributed by atoms with E-state index in [1.165, 1.54) is 0 Å². The average molecular weight is 305 g/mol. The van der Waals surface area contributed by atoms with Crippen LogP contribution in [0.4, 0.5) is 0 Å². The standard InChI is InChI=1S/C14H19N5OS/c1-3-12-17-11(7-21-12)8(2)16-14(20)13-9-6-15-5-4-10(9)18-19-13/h7-8,15H,3-6H2,1-2H3,(H,16,20)(H,18,19). The summed E-state index contributed by atoms with van der Waals surface area (Å²) in [6.45, 7) is 5.64. The molecule has 0 saturated carbocycles. The van der Waals surface area contributed by atoms with Crippen LogP contribution in [0, 0.1) is 0 Å². The van der Waals surface area contributed by atoms with Gasteiger partial charge in [0.15, 0.2) is 5.69 Å². The smallest absolute Gasteiger partial charge is 0.272 e. The minimum atomic E-state index is -0.144. The number of hydrogen-bond acceptors (Lipinski definition) is 5. The van der Waals surface area contributed by atoms with Crippen molar-refractivity contribution in [2.75, 3.05) is 6.54 Å². The Balaban J connectivity index is 1.72. The summed E-state index contributed by atoms with van der Waals surface area (Å²) in [7, 11) is 0. The SMILES string of the molecule is CCc1nc(C(C)NC(=O)c2n[nH]c3c2CNCC3)cs1. The Kier molecular flexibility index (Phi) is 4.03. The first-order valence-corrected chi connectivity index (χ1v) is 8.09. The summed E-state index contributed by atoms with van der Waals surface area (Å²) in [5.74, 6) is -0.144. The van der Waals surface area contributed by atoms with Gasteiger partial charge in [0.1, 0.15) is 0 Å². The fraction of sp³-hybridized carbons (Fsp3) is 0.500. The third-order valence-electron chi connectivity index (χ3n) is 3.68. The van der Waals surface area contributed by atoms with Crippen LogP contribution < -0.4 is 10.6 Å². The first-order valence-electron chi connectivity index (χ1n) is 7.21. The van der Waals surface area contributed by atoms with Crippen LogP contribution in [0.3, 0.4) is 0 Å². The first kappa shape index (κ1) is 14.2. The molecule has 0 bridgehead atoms. The van der Waals surface area contributed by atoms with Crippen molar-refractivity contribution < 1.29 is 4.79 Å². The summed E-state index contributed by atoms with van der Waals surface area (Å²) in [4.78, 5) is 16.9. The molecule has 1 atom stereocenters. The van der Waals surface area contributed by atoms with Gasteiger partial charge in [-0.1, -0.05) is 6.92 Å². The molecule has 3 N–H and O–H groups in total. The van der Waals surface area contributed by atoms with Gasteiger partial charge in [0, 0.05) is 36.1 Å². The molecule has 6 nitrogen and oxygen atoms in total. The van der Waals surface area contributed by atoms with Gasteiger partial charge in [0.05, 0.1) is 16.7 Å². The van der Waals surface area contributed by atoms with Crippen molar-refractivity contribution in [3.63, 3.8) is 0 Å². The van der Waals surface area contributed by atoms with Gasteiger partial charge in [0.2, 0.25) is 0 Å². The molecular weight excluding hydrogens is 286 g/mol. The highest BCUT2D eigenvalue weighted by atomic mass is 32.1. The van der Waals surface area contributed by atoms with E-state index in [0.29, 0.717) is 12.2 Å². The van der Waals surface area contributed by atoms with Gasteiger partial charge in [-0.15, -0.1) is 11.3 Å². The summed E-state index contributed by atoms with van der Waals surface area (Å²) < 4.78 is 0. The summed E-state index contributed by atoms with van der Waals surface area (Å²) in [6, 6.07) is -0.113. The molecule has 0 aromatic carbocycles. The number of fused-ring (bicyclic) bond motifs is 1. The Morgan fingerprint density at radius 3 is 3.19 bits per heavy atom. The summed E-state index contributed by atoms with van der Waals surface area (Å²) in [5.41, 5.74) is 3.45. The molecule has 0 fully saturated rings. The van der Waals surface area contributed by atoms with Crippen molar-refractivity contribution >= 4 is 17.2 Å². The minimum Gasteiger partial charge on any atom is -0.343 e. The number of aromatic nitrogens is 3. The maximum absolute atomic E-state index is 12.4. The van der Waals surface area contributed by atoms with E-state index in [-0.39, 0.29) is 11.9 Å². The zero-order chi connectivity index (χ0) is 14.8. The number of nitrogens with one attached hydrogen (secondary N) is 3. The second-order valence-electron chi connectivity index (χ2n) is 5.17.